The van der Waals surface area contributed by atoms with Gasteiger partial charge in [0.15, 0.2) is 0 Å². The van der Waals surface area contributed by atoms with E-state index in [9.17, 15) is 9.59 Å². The van der Waals surface area contributed by atoms with Crippen LogP contribution in [0.25, 0.3) is 50.6 Å². The van der Waals surface area contributed by atoms with Crippen LogP contribution in [-0.2, 0) is 14.9 Å². The second kappa shape index (κ2) is 16.0. The Kier molecular flexibility index (Phi) is 10.8. The highest BCUT2D eigenvalue weighted by molar-refractivity contribution is 5.84. The number of carbonyl (C=O) groups is 2. The number of imidazole rings is 2. The van der Waals surface area contributed by atoms with E-state index in [1.165, 1.54) is 5.56 Å². The quantitative estimate of drug-likeness (QED) is 0.148. The van der Waals surface area contributed by atoms with Gasteiger partial charge in [0, 0.05) is 54.1 Å². The molecular formula is C49H55N7O4. The lowest BCUT2D eigenvalue weighted by atomic mass is 9.86. The number of ether oxygens (including phenoxy) is 2. The van der Waals surface area contributed by atoms with Gasteiger partial charge in [0.25, 0.3) is 0 Å². The number of hydrogen-bond donors (Lipinski definition) is 2. The molecule has 2 aliphatic rings. The molecule has 8 rings (SSSR count). The molecule has 2 saturated heterocycles. The number of hydrogen-bond acceptors (Lipinski definition) is 6. The van der Waals surface area contributed by atoms with E-state index in [0.29, 0.717) is 18.8 Å². The Hall–Kier alpha value is -6.36. The molecule has 2 N–H and O–H groups in total. The molecule has 0 saturated carbocycles. The monoisotopic (exact) mass is 805 g/mol. The number of amides is 2. The average molecular weight is 806 g/mol. The van der Waals surface area contributed by atoms with Crippen molar-refractivity contribution in [2.75, 3.05) is 13.1 Å². The van der Waals surface area contributed by atoms with Crippen LogP contribution in [0.3, 0.4) is 0 Å². The fourth-order valence-electron chi connectivity index (χ4n) is 8.29. The van der Waals surface area contributed by atoms with Crippen molar-refractivity contribution in [1.29, 1.82) is 0 Å². The first-order chi connectivity index (χ1) is 28.6. The lowest BCUT2D eigenvalue weighted by Gasteiger charge is -2.27. The van der Waals surface area contributed by atoms with Gasteiger partial charge in [-0.25, -0.2) is 19.6 Å². The van der Waals surface area contributed by atoms with Crippen LogP contribution in [-0.4, -0.2) is 65.2 Å². The third-order valence-corrected chi connectivity index (χ3v) is 11.3. The Balaban J connectivity index is 1.06. The maximum atomic E-state index is 13.0. The van der Waals surface area contributed by atoms with Gasteiger partial charge in [-0.05, 0) is 93.7 Å². The summed E-state index contributed by atoms with van der Waals surface area (Å²) >= 11 is 0. The Morgan fingerprint density at radius 3 is 1.70 bits per heavy atom. The predicted molar refractivity (Wildman–Crippen MR) is 235 cm³/mol. The van der Waals surface area contributed by atoms with E-state index in [2.05, 4.69) is 127 Å². The van der Waals surface area contributed by atoms with E-state index in [1.54, 1.807) is 16.7 Å². The number of rotatable bonds is 8. The highest BCUT2D eigenvalue weighted by atomic mass is 16.6. The molecule has 3 aromatic heterocycles. The molecule has 0 unspecified atom stereocenters. The number of aromatic amines is 2. The molecule has 0 aliphatic carbocycles. The van der Waals surface area contributed by atoms with Gasteiger partial charge in [-0.2, -0.15) is 0 Å². The number of carbonyl (C=O) groups excluding carboxylic acids is 2. The lowest BCUT2D eigenvalue weighted by molar-refractivity contribution is 0.0218. The summed E-state index contributed by atoms with van der Waals surface area (Å²) in [6.07, 6.45) is 8.71. The van der Waals surface area contributed by atoms with Crippen LogP contribution in [0.5, 0.6) is 0 Å². The molecule has 11 heteroatoms. The molecule has 0 radical (unpaired) electrons. The zero-order valence-corrected chi connectivity index (χ0v) is 35.7. The van der Waals surface area contributed by atoms with Crippen molar-refractivity contribution >= 4 is 12.2 Å². The smallest absolute Gasteiger partial charge is 0.415 e. The number of aromatic nitrogens is 5. The van der Waals surface area contributed by atoms with E-state index in [-0.39, 0.29) is 29.7 Å². The molecule has 0 spiro atoms. The molecule has 6 aromatic rings. The number of allylic oxidation sites excluding steroid dienone is 1. The van der Waals surface area contributed by atoms with Gasteiger partial charge in [-0.1, -0.05) is 88.0 Å². The van der Waals surface area contributed by atoms with Crippen molar-refractivity contribution in [1.82, 2.24) is 34.3 Å². The summed E-state index contributed by atoms with van der Waals surface area (Å²) in [6, 6.07) is 27.7. The summed E-state index contributed by atoms with van der Waals surface area (Å²) in [5.41, 5.74) is 9.78. The zero-order valence-electron chi connectivity index (χ0n) is 35.7. The van der Waals surface area contributed by atoms with Gasteiger partial charge in [0.2, 0.25) is 0 Å². The van der Waals surface area contributed by atoms with Crippen LogP contribution >= 0.6 is 0 Å². The second-order valence-electron chi connectivity index (χ2n) is 18.0. The first-order valence-electron chi connectivity index (χ1n) is 20.9. The summed E-state index contributed by atoms with van der Waals surface area (Å²) in [5.74, 6) is 1.90. The molecule has 2 atom stereocenters. The van der Waals surface area contributed by atoms with Crippen molar-refractivity contribution in [3.8, 4) is 50.6 Å². The largest absolute Gasteiger partial charge is 0.444 e. The van der Waals surface area contributed by atoms with E-state index in [1.807, 2.05) is 33.2 Å². The standard InChI is InChI=1S/C49H55N7O4/c1-31(2)59-46(57)55-26-9-11-41(55)44-50-29-39(52-44)33-15-13-32(14-16-33)38-25-28-54(43(38)35-17-21-36(22-18-35)48(3,4)5)37-23-19-34(20-24-37)40-30-51-45(53-40)42-12-10-27-56(42)47(58)60-49(6,7)8/h13-25,28-30,41-42H,1,9-12,26-27H2,2-8H3,(H,50,52)(H,51,53)/t41-,42-/m0/s1. The van der Waals surface area contributed by atoms with Crippen molar-refractivity contribution < 1.29 is 19.1 Å². The summed E-state index contributed by atoms with van der Waals surface area (Å²) < 4.78 is 13.3. The first kappa shape index (κ1) is 40.4. The second-order valence-corrected chi connectivity index (χ2v) is 18.0. The van der Waals surface area contributed by atoms with Gasteiger partial charge in [0.1, 0.15) is 17.2 Å². The maximum absolute atomic E-state index is 13.0. The van der Waals surface area contributed by atoms with Gasteiger partial charge in [0.05, 0.1) is 34.9 Å². The van der Waals surface area contributed by atoms with Crippen LogP contribution in [0.4, 0.5) is 9.59 Å². The lowest BCUT2D eigenvalue weighted by Crippen LogP contribution is -2.36. The molecule has 2 aliphatic heterocycles. The average Bonchev–Trinajstić information content (AvgIpc) is 4.06. The van der Waals surface area contributed by atoms with E-state index in [4.69, 9.17) is 19.4 Å². The molecule has 0 bridgehead atoms. The first-order valence-corrected chi connectivity index (χ1v) is 20.9. The summed E-state index contributed by atoms with van der Waals surface area (Å²) in [4.78, 5) is 45.8. The molecule has 11 nitrogen and oxygen atoms in total. The molecule has 2 fully saturated rings. The number of benzene rings is 3. The van der Waals surface area contributed by atoms with Gasteiger partial charge < -0.3 is 24.0 Å². The van der Waals surface area contributed by atoms with Crippen LogP contribution in [0.2, 0.25) is 0 Å². The predicted octanol–water partition coefficient (Wildman–Crippen LogP) is 11.8. The minimum absolute atomic E-state index is 0.0308. The maximum Gasteiger partial charge on any atom is 0.415 e. The molecule has 310 valence electrons. The van der Waals surface area contributed by atoms with E-state index in [0.717, 1.165) is 87.9 Å². The van der Waals surface area contributed by atoms with Crippen molar-refractivity contribution in [2.45, 2.75) is 97.2 Å². The SMILES string of the molecule is C=C(C)OC(=O)N1CCC[C@H]1c1nc(-c2ccc(-c3ccn(-c4ccc(-c5c[nH]c([C@@H]6CCCN6C(=O)OC(C)(C)C)n5)cc4)c3-c3ccc(C(C)(C)C)cc3)cc2)c[nH]1. The third-order valence-electron chi connectivity index (χ3n) is 11.3. The Morgan fingerprint density at radius 1 is 0.683 bits per heavy atom. The molecule has 2 amide bonds. The van der Waals surface area contributed by atoms with Crippen molar-refractivity contribution in [3.05, 3.63) is 127 Å². The molecule has 3 aromatic carbocycles. The fraction of sp³-hybridized carbons (Fsp3) is 0.347. The van der Waals surface area contributed by atoms with Crippen LogP contribution < -0.4 is 0 Å². The molecule has 5 heterocycles. The van der Waals surface area contributed by atoms with Crippen LogP contribution in [0, 0.1) is 0 Å². The number of H-pyrrole nitrogens is 2. The van der Waals surface area contributed by atoms with Crippen LogP contribution in [0.1, 0.15) is 103 Å². The van der Waals surface area contributed by atoms with Crippen LogP contribution in [0.15, 0.2) is 110 Å². The topological polar surface area (TPSA) is 121 Å². The van der Waals surface area contributed by atoms with E-state index < -0.39 is 5.60 Å². The number of nitrogens with zero attached hydrogens (tertiary/aromatic N) is 5. The Bertz CT molecular complexity index is 2500. The third kappa shape index (κ3) is 8.39. The summed E-state index contributed by atoms with van der Waals surface area (Å²) in [7, 11) is 0. The highest BCUT2D eigenvalue weighted by Gasteiger charge is 2.35. The minimum Gasteiger partial charge on any atom is -0.444 e. The molecular weight excluding hydrogens is 751 g/mol. The minimum atomic E-state index is -0.558. The molecule has 60 heavy (non-hydrogen) atoms. The fourth-order valence-corrected chi connectivity index (χ4v) is 8.29. The highest BCUT2D eigenvalue weighted by Crippen LogP contribution is 2.39. The zero-order chi connectivity index (χ0) is 42.3. The van der Waals surface area contributed by atoms with Gasteiger partial charge in [-0.15, -0.1) is 0 Å². The Labute approximate surface area is 352 Å². The summed E-state index contributed by atoms with van der Waals surface area (Å²) in [6.45, 7) is 19.0. The number of likely N-dealkylation sites (tertiary alicyclic amines) is 2. The summed E-state index contributed by atoms with van der Waals surface area (Å²) in [5, 5.41) is 0. The normalized spacial score (nSPS) is 17.0. The van der Waals surface area contributed by atoms with Gasteiger partial charge in [-0.3, -0.25) is 9.80 Å². The van der Waals surface area contributed by atoms with Gasteiger partial charge >= 0.3 is 12.2 Å². The van der Waals surface area contributed by atoms with E-state index >= 15 is 0 Å². The van der Waals surface area contributed by atoms with Crippen molar-refractivity contribution in [2.24, 2.45) is 0 Å². The number of nitrogens with one attached hydrogen (secondary N) is 2. The van der Waals surface area contributed by atoms with Crippen molar-refractivity contribution in [3.63, 3.8) is 0 Å². The Morgan fingerprint density at radius 2 is 1.18 bits per heavy atom.